The van der Waals surface area contributed by atoms with E-state index in [1.54, 1.807) is 0 Å². The molecule has 0 amide bonds. The zero-order chi connectivity index (χ0) is 10.7. The predicted molar refractivity (Wildman–Crippen MR) is 47.8 cm³/mol. The lowest BCUT2D eigenvalue weighted by atomic mass is 10.1. The highest BCUT2D eigenvalue weighted by atomic mass is 19.1. The summed E-state index contributed by atoms with van der Waals surface area (Å²) in [4.78, 5) is 10.2. The Morgan fingerprint density at radius 2 is 1.93 bits per heavy atom. The first-order chi connectivity index (χ1) is 6.52. The highest BCUT2D eigenvalue weighted by molar-refractivity contribution is 5.85. The summed E-state index contributed by atoms with van der Waals surface area (Å²) in [5, 5.41) is 8.32. The van der Waals surface area contributed by atoms with Crippen molar-refractivity contribution in [3.05, 3.63) is 41.0 Å². The molecule has 0 aliphatic rings. The Bertz CT molecular complexity index is 397. The van der Waals surface area contributed by atoms with Gasteiger partial charge in [0.2, 0.25) is 0 Å². The minimum Gasteiger partial charge on any atom is -0.478 e. The standard InChI is InChI=1S/C10H8F2O2/c1-6-7(2-5-10(13)14)9(12)4-3-8(6)11/h2-5H,1H3,(H,13,14)/b5-2+. The number of hydrogen-bond donors (Lipinski definition) is 1. The summed E-state index contributed by atoms with van der Waals surface area (Å²) in [5.41, 5.74) is 0.0647. The number of carboxylic acid groups (broad SMARTS) is 1. The molecule has 4 heteroatoms. The number of aliphatic carboxylic acids is 1. The van der Waals surface area contributed by atoms with E-state index in [2.05, 4.69) is 0 Å². The fourth-order valence-corrected chi connectivity index (χ4v) is 1.03. The van der Waals surface area contributed by atoms with E-state index in [0.717, 1.165) is 24.3 Å². The molecule has 0 bridgehead atoms. The summed E-state index contributed by atoms with van der Waals surface area (Å²) in [5.74, 6) is -2.40. The molecule has 0 saturated carbocycles. The van der Waals surface area contributed by atoms with Gasteiger partial charge in [-0.05, 0) is 30.7 Å². The number of hydrogen-bond acceptors (Lipinski definition) is 1. The van der Waals surface area contributed by atoms with Crippen molar-refractivity contribution < 1.29 is 18.7 Å². The van der Waals surface area contributed by atoms with Gasteiger partial charge >= 0.3 is 5.97 Å². The summed E-state index contributed by atoms with van der Waals surface area (Å²) in [6.07, 6.45) is 1.81. The molecule has 1 aromatic rings. The zero-order valence-corrected chi connectivity index (χ0v) is 7.42. The van der Waals surface area contributed by atoms with Crippen LogP contribution in [-0.4, -0.2) is 11.1 Å². The van der Waals surface area contributed by atoms with E-state index in [-0.39, 0.29) is 11.1 Å². The molecular formula is C10H8F2O2. The molecule has 1 rings (SSSR count). The van der Waals surface area contributed by atoms with Crippen LogP contribution < -0.4 is 0 Å². The number of benzene rings is 1. The minimum atomic E-state index is -1.20. The van der Waals surface area contributed by atoms with Crippen LogP contribution in [0.4, 0.5) is 8.78 Å². The maximum Gasteiger partial charge on any atom is 0.328 e. The number of carboxylic acids is 1. The molecule has 0 radical (unpaired) electrons. The van der Waals surface area contributed by atoms with Gasteiger partial charge < -0.3 is 5.11 Å². The summed E-state index contributed by atoms with van der Waals surface area (Å²) in [7, 11) is 0. The number of carbonyl (C=O) groups is 1. The molecule has 0 saturated heterocycles. The Labute approximate surface area is 79.5 Å². The van der Waals surface area contributed by atoms with Gasteiger partial charge in [-0.15, -0.1) is 0 Å². The lowest BCUT2D eigenvalue weighted by Crippen LogP contribution is -1.93. The SMILES string of the molecule is Cc1c(F)ccc(F)c1/C=C/C(=O)O. The van der Waals surface area contributed by atoms with Gasteiger partial charge in [0, 0.05) is 11.6 Å². The van der Waals surface area contributed by atoms with Crippen molar-refractivity contribution in [1.82, 2.24) is 0 Å². The molecule has 74 valence electrons. The van der Waals surface area contributed by atoms with E-state index >= 15 is 0 Å². The summed E-state index contributed by atoms with van der Waals surface area (Å²) < 4.78 is 26.0. The van der Waals surface area contributed by atoms with Gasteiger partial charge in [0.05, 0.1) is 0 Å². The van der Waals surface area contributed by atoms with Crippen molar-refractivity contribution in [3.8, 4) is 0 Å². The molecule has 2 nitrogen and oxygen atoms in total. The topological polar surface area (TPSA) is 37.3 Å². The van der Waals surface area contributed by atoms with Gasteiger partial charge in [0.1, 0.15) is 11.6 Å². The van der Waals surface area contributed by atoms with Gasteiger partial charge in [-0.3, -0.25) is 0 Å². The maximum atomic E-state index is 13.1. The first kappa shape index (κ1) is 10.4. The van der Waals surface area contributed by atoms with Crippen LogP contribution in [0.2, 0.25) is 0 Å². The number of rotatable bonds is 2. The molecule has 0 heterocycles. The lowest BCUT2D eigenvalue weighted by Gasteiger charge is -2.02. The van der Waals surface area contributed by atoms with E-state index in [1.165, 1.54) is 6.92 Å². The van der Waals surface area contributed by atoms with E-state index in [1.807, 2.05) is 0 Å². The third-order valence-corrected chi connectivity index (χ3v) is 1.79. The predicted octanol–water partition coefficient (Wildman–Crippen LogP) is 2.37. The van der Waals surface area contributed by atoms with E-state index in [9.17, 15) is 13.6 Å². The van der Waals surface area contributed by atoms with Crippen molar-refractivity contribution in [2.24, 2.45) is 0 Å². The van der Waals surface area contributed by atoms with Gasteiger partial charge in [-0.2, -0.15) is 0 Å². The molecular weight excluding hydrogens is 190 g/mol. The largest absolute Gasteiger partial charge is 0.478 e. The van der Waals surface area contributed by atoms with Crippen LogP contribution in [0.15, 0.2) is 18.2 Å². The van der Waals surface area contributed by atoms with Crippen molar-refractivity contribution in [2.75, 3.05) is 0 Å². The second kappa shape index (κ2) is 4.00. The van der Waals surface area contributed by atoms with Crippen LogP contribution >= 0.6 is 0 Å². The van der Waals surface area contributed by atoms with Crippen LogP contribution in [0.1, 0.15) is 11.1 Å². The Balaban J connectivity index is 3.19. The molecule has 0 unspecified atom stereocenters. The summed E-state index contributed by atoms with van der Waals surface area (Å²) >= 11 is 0. The second-order valence-electron chi connectivity index (χ2n) is 2.74. The van der Waals surface area contributed by atoms with E-state index in [0.29, 0.717) is 0 Å². The van der Waals surface area contributed by atoms with Gasteiger partial charge in [0.25, 0.3) is 0 Å². The van der Waals surface area contributed by atoms with E-state index in [4.69, 9.17) is 5.11 Å². The van der Waals surface area contributed by atoms with Crippen molar-refractivity contribution in [2.45, 2.75) is 6.92 Å². The molecule has 14 heavy (non-hydrogen) atoms. The minimum absolute atomic E-state index is 0.0348. The molecule has 0 aliphatic heterocycles. The fourth-order valence-electron chi connectivity index (χ4n) is 1.03. The van der Waals surface area contributed by atoms with Gasteiger partial charge in [0.15, 0.2) is 0 Å². The molecule has 0 fully saturated rings. The molecule has 0 atom stereocenters. The van der Waals surface area contributed by atoms with Crippen LogP contribution in [0.5, 0.6) is 0 Å². The Morgan fingerprint density at radius 3 is 2.50 bits per heavy atom. The average Bonchev–Trinajstić information content (AvgIpc) is 2.11. The molecule has 1 aromatic carbocycles. The van der Waals surface area contributed by atoms with Crippen molar-refractivity contribution >= 4 is 12.0 Å². The zero-order valence-electron chi connectivity index (χ0n) is 7.42. The van der Waals surface area contributed by atoms with Crippen LogP contribution in [-0.2, 0) is 4.79 Å². The quantitative estimate of drug-likeness (QED) is 0.740. The Morgan fingerprint density at radius 1 is 1.36 bits per heavy atom. The summed E-state index contributed by atoms with van der Waals surface area (Å²) in [6.45, 7) is 1.39. The van der Waals surface area contributed by atoms with Crippen LogP contribution in [0.3, 0.4) is 0 Å². The Hall–Kier alpha value is -1.71. The fraction of sp³-hybridized carbons (Fsp3) is 0.100. The first-order valence-electron chi connectivity index (χ1n) is 3.88. The van der Waals surface area contributed by atoms with Crippen molar-refractivity contribution in [1.29, 1.82) is 0 Å². The first-order valence-corrected chi connectivity index (χ1v) is 3.88. The molecule has 1 N–H and O–H groups in total. The second-order valence-corrected chi connectivity index (χ2v) is 2.74. The van der Waals surface area contributed by atoms with Gasteiger partial charge in [-0.25, -0.2) is 13.6 Å². The normalized spacial score (nSPS) is 10.8. The van der Waals surface area contributed by atoms with Crippen LogP contribution in [0.25, 0.3) is 6.08 Å². The van der Waals surface area contributed by atoms with Crippen LogP contribution in [0, 0.1) is 18.6 Å². The van der Waals surface area contributed by atoms with E-state index < -0.39 is 17.6 Å². The summed E-state index contributed by atoms with van der Waals surface area (Å²) in [6, 6.07) is 1.96. The van der Waals surface area contributed by atoms with Gasteiger partial charge in [-0.1, -0.05) is 0 Å². The molecule has 0 spiro atoms. The highest BCUT2D eigenvalue weighted by Crippen LogP contribution is 2.17. The third kappa shape index (κ3) is 2.16. The smallest absolute Gasteiger partial charge is 0.328 e. The highest BCUT2D eigenvalue weighted by Gasteiger charge is 2.07. The molecule has 0 aliphatic carbocycles. The lowest BCUT2D eigenvalue weighted by molar-refractivity contribution is -0.131. The number of halogens is 2. The monoisotopic (exact) mass is 198 g/mol. The average molecular weight is 198 g/mol. The Kier molecular flexibility index (Phi) is 2.96. The maximum absolute atomic E-state index is 13.1. The van der Waals surface area contributed by atoms with Crippen molar-refractivity contribution in [3.63, 3.8) is 0 Å². The molecule has 0 aromatic heterocycles. The third-order valence-electron chi connectivity index (χ3n) is 1.79.